The topological polar surface area (TPSA) is 62.5 Å². The number of carbonyl (C=O) groups is 1. The van der Waals surface area contributed by atoms with Crippen LogP contribution in [-0.4, -0.2) is 53.9 Å². The van der Waals surface area contributed by atoms with Gasteiger partial charge in [0.2, 0.25) is 0 Å². The van der Waals surface area contributed by atoms with E-state index >= 15 is 0 Å². The van der Waals surface area contributed by atoms with Gasteiger partial charge in [0.05, 0.1) is 5.56 Å². The van der Waals surface area contributed by atoms with E-state index in [1.165, 1.54) is 0 Å². The van der Waals surface area contributed by atoms with Crippen molar-refractivity contribution in [1.82, 2.24) is 14.8 Å². The molecule has 1 aromatic heterocycles. The summed E-state index contributed by atoms with van der Waals surface area (Å²) in [6.45, 7) is 1.68. The maximum absolute atomic E-state index is 12.6. The number of likely N-dealkylation sites (N-methyl/N-ethyl adjacent to an activating group) is 1. The van der Waals surface area contributed by atoms with E-state index < -0.39 is 0 Å². The summed E-state index contributed by atoms with van der Waals surface area (Å²) < 4.78 is 0.772. The lowest BCUT2D eigenvalue weighted by molar-refractivity contribution is 0.0717. The van der Waals surface area contributed by atoms with Gasteiger partial charge in [-0.3, -0.25) is 4.79 Å². The van der Waals surface area contributed by atoms with Crippen LogP contribution in [0.4, 0.5) is 5.82 Å². The first-order valence-electron chi connectivity index (χ1n) is 6.35. The highest BCUT2D eigenvalue weighted by Crippen LogP contribution is 2.24. The molecule has 1 amide bonds. The van der Waals surface area contributed by atoms with Crippen molar-refractivity contribution in [3.8, 4) is 0 Å². The molecule has 1 aliphatic heterocycles. The number of aromatic nitrogens is 1. The second-order valence-corrected chi connectivity index (χ2v) is 6.06. The number of pyridine rings is 1. The minimum absolute atomic E-state index is 0.0179. The van der Waals surface area contributed by atoms with Crippen LogP contribution in [0.2, 0.25) is 0 Å². The molecule has 1 saturated heterocycles. The van der Waals surface area contributed by atoms with Crippen molar-refractivity contribution in [2.45, 2.75) is 18.9 Å². The quantitative estimate of drug-likeness (QED) is 0.916. The van der Waals surface area contributed by atoms with Crippen molar-refractivity contribution in [1.29, 1.82) is 0 Å². The molecule has 2 heterocycles. The average Bonchev–Trinajstić information content (AvgIpc) is 2.78. The number of anilines is 1. The fraction of sp³-hybridized carbons (Fsp3) is 0.538. The van der Waals surface area contributed by atoms with Crippen molar-refractivity contribution >= 4 is 27.7 Å². The molecule has 1 unspecified atom stereocenters. The first kappa shape index (κ1) is 14.3. The number of nitrogen functional groups attached to an aromatic ring is 1. The summed E-state index contributed by atoms with van der Waals surface area (Å²) in [5.41, 5.74) is 6.30. The summed E-state index contributed by atoms with van der Waals surface area (Å²) in [5.74, 6) is 0.277. The van der Waals surface area contributed by atoms with Crippen LogP contribution in [-0.2, 0) is 0 Å². The fourth-order valence-electron chi connectivity index (χ4n) is 2.49. The van der Waals surface area contributed by atoms with Crippen LogP contribution in [0.1, 0.15) is 23.2 Å². The summed E-state index contributed by atoms with van der Waals surface area (Å²) in [5, 5.41) is 0. The van der Waals surface area contributed by atoms with E-state index in [1.54, 1.807) is 12.3 Å². The second-order valence-electron chi connectivity index (χ2n) is 5.14. The van der Waals surface area contributed by atoms with E-state index in [-0.39, 0.29) is 11.9 Å². The zero-order valence-electron chi connectivity index (χ0n) is 11.3. The van der Waals surface area contributed by atoms with E-state index in [9.17, 15) is 4.79 Å². The van der Waals surface area contributed by atoms with Gasteiger partial charge in [-0.25, -0.2) is 4.98 Å². The molecular formula is C13H19BrN4O. The fourth-order valence-corrected chi connectivity index (χ4v) is 2.82. The summed E-state index contributed by atoms with van der Waals surface area (Å²) >= 11 is 3.33. The molecule has 1 aromatic rings. The number of hydrogen-bond donors (Lipinski definition) is 1. The molecule has 2 N–H and O–H groups in total. The Morgan fingerprint density at radius 3 is 3.05 bits per heavy atom. The second kappa shape index (κ2) is 5.88. The Labute approximate surface area is 121 Å². The molecule has 6 heteroatoms. The van der Waals surface area contributed by atoms with Gasteiger partial charge < -0.3 is 15.5 Å². The highest BCUT2D eigenvalue weighted by molar-refractivity contribution is 9.10. The van der Waals surface area contributed by atoms with Gasteiger partial charge in [-0.15, -0.1) is 0 Å². The molecule has 5 nitrogen and oxygen atoms in total. The first-order chi connectivity index (χ1) is 8.99. The standard InChI is InChI=1S/C13H19BrN4O/c1-17(2)8-10-4-3-5-18(10)13(19)11-6-9(14)7-16-12(11)15/h6-7,10H,3-5,8H2,1-2H3,(H2,15,16). The Morgan fingerprint density at radius 1 is 1.63 bits per heavy atom. The molecule has 1 atom stereocenters. The summed E-state index contributed by atoms with van der Waals surface area (Å²) in [6.07, 6.45) is 3.70. The summed E-state index contributed by atoms with van der Waals surface area (Å²) in [7, 11) is 4.05. The first-order valence-corrected chi connectivity index (χ1v) is 7.15. The van der Waals surface area contributed by atoms with E-state index in [2.05, 4.69) is 25.8 Å². The molecule has 1 fully saturated rings. The maximum atomic E-state index is 12.6. The lowest BCUT2D eigenvalue weighted by atomic mass is 10.2. The third-order valence-electron chi connectivity index (χ3n) is 3.33. The SMILES string of the molecule is CN(C)CC1CCCN1C(=O)c1cc(Br)cnc1N. The van der Waals surface area contributed by atoms with E-state index in [0.717, 1.165) is 30.4 Å². The van der Waals surface area contributed by atoms with Gasteiger partial charge in [0.15, 0.2) is 0 Å². The Morgan fingerprint density at radius 2 is 2.37 bits per heavy atom. The monoisotopic (exact) mass is 326 g/mol. The third-order valence-corrected chi connectivity index (χ3v) is 3.76. The van der Waals surface area contributed by atoms with Gasteiger partial charge in [0.25, 0.3) is 5.91 Å². The number of nitrogens with two attached hydrogens (primary N) is 1. The summed E-state index contributed by atoms with van der Waals surface area (Å²) in [4.78, 5) is 20.6. The Balaban J connectivity index is 2.20. The average molecular weight is 327 g/mol. The summed E-state index contributed by atoms with van der Waals surface area (Å²) in [6, 6.07) is 2.01. The van der Waals surface area contributed by atoms with Gasteiger partial charge in [0.1, 0.15) is 5.82 Å². The Bertz CT molecular complexity index is 478. The van der Waals surface area contributed by atoms with Crippen LogP contribution in [0.5, 0.6) is 0 Å². The van der Waals surface area contributed by atoms with Crippen LogP contribution in [0, 0.1) is 0 Å². The number of nitrogens with zero attached hydrogens (tertiary/aromatic N) is 3. The minimum atomic E-state index is -0.0179. The van der Waals surface area contributed by atoms with Gasteiger partial charge >= 0.3 is 0 Å². The van der Waals surface area contributed by atoms with E-state index in [0.29, 0.717) is 11.4 Å². The van der Waals surface area contributed by atoms with Gasteiger partial charge in [0, 0.05) is 29.8 Å². The van der Waals surface area contributed by atoms with Crippen molar-refractivity contribution in [2.24, 2.45) is 0 Å². The molecule has 2 rings (SSSR count). The zero-order chi connectivity index (χ0) is 14.0. The van der Waals surface area contributed by atoms with Crippen LogP contribution in [0.15, 0.2) is 16.7 Å². The molecule has 0 spiro atoms. The minimum Gasteiger partial charge on any atom is -0.383 e. The van der Waals surface area contributed by atoms with Crippen LogP contribution in [0.3, 0.4) is 0 Å². The maximum Gasteiger partial charge on any atom is 0.257 e. The molecule has 0 aliphatic carbocycles. The predicted octanol–water partition coefficient (Wildman–Crippen LogP) is 1.59. The lowest BCUT2D eigenvalue weighted by Gasteiger charge is -2.27. The van der Waals surface area contributed by atoms with Crippen molar-refractivity contribution in [3.05, 3.63) is 22.3 Å². The van der Waals surface area contributed by atoms with Crippen molar-refractivity contribution < 1.29 is 4.79 Å². The van der Waals surface area contributed by atoms with Crippen LogP contribution >= 0.6 is 15.9 Å². The number of rotatable bonds is 3. The van der Waals surface area contributed by atoms with E-state index in [1.807, 2.05) is 19.0 Å². The number of amides is 1. The number of halogens is 1. The lowest BCUT2D eigenvalue weighted by Crippen LogP contribution is -2.41. The highest BCUT2D eigenvalue weighted by Gasteiger charge is 2.30. The molecule has 0 radical (unpaired) electrons. The van der Waals surface area contributed by atoms with Crippen molar-refractivity contribution in [2.75, 3.05) is 32.9 Å². The van der Waals surface area contributed by atoms with Crippen LogP contribution in [0.25, 0.3) is 0 Å². The molecule has 1 aliphatic rings. The number of carbonyl (C=O) groups excluding carboxylic acids is 1. The number of likely N-dealkylation sites (tertiary alicyclic amines) is 1. The van der Waals surface area contributed by atoms with Gasteiger partial charge in [-0.2, -0.15) is 0 Å². The largest absolute Gasteiger partial charge is 0.383 e. The Kier molecular flexibility index (Phi) is 4.42. The molecule has 0 bridgehead atoms. The molecule has 104 valence electrons. The van der Waals surface area contributed by atoms with Gasteiger partial charge in [-0.05, 0) is 48.9 Å². The van der Waals surface area contributed by atoms with Crippen LogP contribution < -0.4 is 5.73 Å². The predicted molar refractivity (Wildman–Crippen MR) is 79.0 cm³/mol. The Hall–Kier alpha value is -1.14. The van der Waals surface area contributed by atoms with E-state index in [4.69, 9.17) is 5.73 Å². The molecule has 0 aromatic carbocycles. The smallest absolute Gasteiger partial charge is 0.257 e. The highest BCUT2D eigenvalue weighted by atomic mass is 79.9. The molecular weight excluding hydrogens is 308 g/mol. The third kappa shape index (κ3) is 3.25. The number of hydrogen-bond acceptors (Lipinski definition) is 4. The normalized spacial score (nSPS) is 19.2. The molecule has 19 heavy (non-hydrogen) atoms. The van der Waals surface area contributed by atoms with Gasteiger partial charge in [-0.1, -0.05) is 0 Å². The molecule has 0 saturated carbocycles. The van der Waals surface area contributed by atoms with Crippen molar-refractivity contribution in [3.63, 3.8) is 0 Å². The zero-order valence-corrected chi connectivity index (χ0v) is 12.9.